The summed E-state index contributed by atoms with van der Waals surface area (Å²) in [5, 5.41) is 7.67. The molecule has 0 unspecified atom stereocenters. The van der Waals surface area contributed by atoms with Crippen LogP contribution in [-0.4, -0.2) is 24.3 Å². The molecule has 0 aliphatic rings. The Morgan fingerprint density at radius 1 is 1.33 bits per heavy atom. The number of hydrogen-bond acceptors (Lipinski definition) is 5. The van der Waals surface area contributed by atoms with Gasteiger partial charge in [-0.1, -0.05) is 20.8 Å². The summed E-state index contributed by atoms with van der Waals surface area (Å²) in [7, 11) is 1.77. The standard InChI is InChI=1S/C14H17N5OS/c1-14(2,3)13-17-9(7-21-13)6-19-8-15-11-10(12(19)20)5-16-18(11)4/h5,7-8H,6H2,1-4H3. The quantitative estimate of drug-likeness (QED) is 0.725. The van der Waals surface area contributed by atoms with Crippen molar-refractivity contribution in [3.63, 3.8) is 0 Å². The van der Waals surface area contributed by atoms with E-state index < -0.39 is 0 Å². The molecule has 110 valence electrons. The zero-order valence-electron chi connectivity index (χ0n) is 12.5. The summed E-state index contributed by atoms with van der Waals surface area (Å²) in [6.07, 6.45) is 3.12. The molecule has 3 aromatic rings. The van der Waals surface area contributed by atoms with E-state index >= 15 is 0 Å². The zero-order chi connectivity index (χ0) is 15.2. The topological polar surface area (TPSA) is 65.6 Å². The second-order valence-electron chi connectivity index (χ2n) is 6.08. The van der Waals surface area contributed by atoms with Gasteiger partial charge in [-0.05, 0) is 0 Å². The Kier molecular flexibility index (Phi) is 3.16. The van der Waals surface area contributed by atoms with Gasteiger partial charge in [0.05, 0.1) is 23.4 Å². The molecule has 0 aliphatic heterocycles. The van der Waals surface area contributed by atoms with E-state index in [2.05, 4.69) is 35.8 Å². The smallest absolute Gasteiger partial charge is 0.264 e. The van der Waals surface area contributed by atoms with Crippen LogP contribution in [-0.2, 0) is 19.0 Å². The van der Waals surface area contributed by atoms with Gasteiger partial charge in [0.1, 0.15) is 11.7 Å². The summed E-state index contributed by atoms with van der Waals surface area (Å²) in [4.78, 5) is 21.3. The summed E-state index contributed by atoms with van der Waals surface area (Å²) in [6.45, 7) is 6.82. The third-order valence-corrected chi connectivity index (χ3v) is 4.56. The summed E-state index contributed by atoms with van der Waals surface area (Å²) >= 11 is 1.63. The molecule has 21 heavy (non-hydrogen) atoms. The average molecular weight is 303 g/mol. The lowest BCUT2D eigenvalue weighted by Crippen LogP contribution is -2.21. The third kappa shape index (κ3) is 2.49. The van der Waals surface area contributed by atoms with Crippen LogP contribution in [0.1, 0.15) is 31.5 Å². The molecule has 7 heteroatoms. The minimum absolute atomic E-state index is 0.0272. The molecule has 0 radical (unpaired) electrons. The number of fused-ring (bicyclic) bond motifs is 1. The molecule has 0 saturated heterocycles. The Morgan fingerprint density at radius 3 is 2.76 bits per heavy atom. The van der Waals surface area contributed by atoms with Crippen LogP contribution in [0.2, 0.25) is 0 Å². The van der Waals surface area contributed by atoms with Gasteiger partial charge in [-0.3, -0.25) is 14.0 Å². The third-order valence-electron chi connectivity index (χ3n) is 3.24. The number of aryl methyl sites for hydroxylation is 1. The molecule has 0 amide bonds. The van der Waals surface area contributed by atoms with Crippen molar-refractivity contribution in [3.05, 3.63) is 39.0 Å². The van der Waals surface area contributed by atoms with Crippen molar-refractivity contribution in [2.24, 2.45) is 7.05 Å². The van der Waals surface area contributed by atoms with E-state index in [-0.39, 0.29) is 11.0 Å². The maximum atomic E-state index is 12.4. The first kappa shape index (κ1) is 13.9. The number of rotatable bonds is 2. The molecule has 0 aliphatic carbocycles. The van der Waals surface area contributed by atoms with Crippen molar-refractivity contribution in [1.29, 1.82) is 0 Å². The number of thiazole rings is 1. The molecule has 0 saturated carbocycles. The Hall–Kier alpha value is -2.02. The molecular weight excluding hydrogens is 286 g/mol. The Morgan fingerprint density at radius 2 is 2.10 bits per heavy atom. The van der Waals surface area contributed by atoms with Gasteiger partial charge in [-0.2, -0.15) is 5.10 Å². The van der Waals surface area contributed by atoms with Crippen LogP contribution >= 0.6 is 11.3 Å². The fourth-order valence-corrected chi connectivity index (χ4v) is 2.98. The van der Waals surface area contributed by atoms with Crippen LogP contribution < -0.4 is 5.56 Å². The van der Waals surface area contributed by atoms with Crippen molar-refractivity contribution in [2.75, 3.05) is 0 Å². The first-order chi connectivity index (χ1) is 9.86. The second kappa shape index (κ2) is 4.77. The van der Waals surface area contributed by atoms with Crippen LogP contribution in [0, 0.1) is 0 Å². The van der Waals surface area contributed by atoms with Crippen LogP contribution in [0.4, 0.5) is 0 Å². The van der Waals surface area contributed by atoms with Crippen molar-refractivity contribution >= 4 is 22.4 Å². The highest BCUT2D eigenvalue weighted by atomic mass is 32.1. The summed E-state index contributed by atoms with van der Waals surface area (Å²) in [5.41, 5.74) is 1.43. The zero-order valence-corrected chi connectivity index (χ0v) is 13.3. The van der Waals surface area contributed by atoms with Gasteiger partial charge in [0.25, 0.3) is 5.56 Å². The van der Waals surface area contributed by atoms with Gasteiger partial charge in [0.2, 0.25) is 0 Å². The first-order valence-electron chi connectivity index (χ1n) is 6.68. The number of aromatic nitrogens is 5. The minimum atomic E-state index is -0.0848. The van der Waals surface area contributed by atoms with Gasteiger partial charge in [-0.15, -0.1) is 11.3 Å². The van der Waals surface area contributed by atoms with Crippen LogP contribution in [0.5, 0.6) is 0 Å². The van der Waals surface area contributed by atoms with E-state index in [9.17, 15) is 4.79 Å². The van der Waals surface area contributed by atoms with Crippen molar-refractivity contribution in [2.45, 2.75) is 32.7 Å². The molecule has 0 fully saturated rings. The molecule has 0 bridgehead atoms. The van der Waals surface area contributed by atoms with Crippen molar-refractivity contribution in [1.82, 2.24) is 24.3 Å². The largest absolute Gasteiger partial charge is 0.292 e. The Bertz CT molecular complexity index is 852. The van der Waals surface area contributed by atoms with Crippen LogP contribution in [0.25, 0.3) is 11.0 Å². The molecule has 3 rings (SSSR count). The van der Waals surface area contributed by atoms with Crippen molar-refractivity contribution < 1.29 is 0 Å². The predicted octanol–water partition coefficient (Wildman–Crippen LogP) is 1.93. The highest BCUT2D eigenvalue weighted by Crippen LogP contribution is 2.25. The molecule has 6 nitrogen and oxygen atoms in total. The van der Waals surface area contributed by atoms with E-state index in [0.717, 1.165) is 10.7 Å². The Balaban J connectivity index is 1.97. The van der Waals surface area contributed by atoms with Crippen LogP contribution in [0.15, 0.2) is 22.7 Å². The predicted molar refractivity (Wildman–Crippen MR) is 82.7 cm³/mol. The second-order valence-corrected chi connectivity index (χ2v) is 6.94. The van der Waals surface area contributed by atoms with E-state index in [1.807, 2.05) is 5.38 Å². The molecule has 0 atom stereocenters. The fraction of sp³-hybridized carbons (Fsp3) is 0.429. The average Bonchev–Trinajstić information content (AvgIpc) is 3.00. The lowest BCUT2D eigenvalue weighted by Gasteiger charge is -2.13. The van der Waals surface area contributed by atoms with E-state index in [1.54, 1.807) is 40.2 Å². The minimum Gasteiger partial charge on any atom is -0.292 e. The fourth-order valence-electron chi connectivity index (χ4n) is 2.08. The SMILES string of the molecule is Cn1ncc2c(=O)n(Cc3csc(C(C)(C)C)n3)cnc21. The first-order valence-corrected chi connectivity index (χ1v) is 7.56. The lowest BCUT2D eigenvalue weighted by molar-refractivity contribution is 0.580. The normalized spacial score (nSPS) is 12.2. The number of nitrogens with zero attached hydrogens (tertiary/aromatic N) is 5. The summed E-state index contributed by atoms with van der Waals surface area (Å²) in [6, 6.07) is 0. The van der Waals surface area contributed by atoms with Gasteiger partial charge >= 0.3 is 0 Å². The molecule has 0 N–H and O–H groups in total. The lowest BCUT2D eigenvalue weighted by atomic mass is 9.98. The monoisotopic (exact) mass is 303 g/mol. The Labute approximate surface area is 126 Å². The highest BCUT2D eigenvalue weighted by molar-refractivity contribution is 7.09. The molecule has 0 spiro atoms. The van der Waals surface area contributed by atoms with E-state index in [0.29, 0.717) is 17.6 Å². The molecule has 0 aromatic carbocycles. The highest BCUT2D eigenvalue weighted by Gasteiger charge is 2.18. The van der Waals surface area contributed by atoms with Gasteiger partial charge in [-0.25, -0.2) is 9.97 Å². The van der Waals surface area contributed by atoms with Gasteiger partial charge in [0.15, 0.2) is 5.65 Å². The van der Waals surface area contributed by atoms with E-state index in [1.165, 1.54) is 0 Å². The van der Waals surface area contributed by atoms with Crippen molar-refractivity contribution in [3.8, 4) is 0 Å². The summed E-state index contributed by atoms with van der Waals surface area (Å²) in [5.74, 6) is 0. The maximum Gasteiger partial charge on any atom is 0.264 e. The number of hydrogen-bond donors (Lipinski definition) is 0. The van der Waals surface area contributed by atoms with Gasteiger partial charge < -0.3 is 0 Å². The molecule has 3 aromatic heterocycles. The maximum absolute atomic E-state index is 12.4. The molecular formula is C14H17N5OS. The van der Waals surface area contributed by atoms with Crippen LogP contribution in [0.3, 0.4) is 0 Å². The molecule has 3 heterocycles. The summed E-state index contributed by atoms with van der Waals surface area (Å²) < 4.78 is 3.17. The van der Waals surface area contributed by atoms with E-state index in [4.69, 9.17) is 0 Å². The van der Waals surface area contributed by atoms with Gasteiger partial charge in [0, 0.05) is 17.8 Å².